The van der Waals surface area contributed by atoms with Crippen LogP contribution < -0.4 is 5.32 Å². The first-order valence-electron chi connectivity index (χ1n) is 4.33. The number of furan rings is 1. The normalized spacial score (nSPS) is 26.6. The van der Waals surface area contributed by atoms with Crippen molar-refractivity contribution in [2.45, 2.75) is 18.3 Å². The second-order valence-electron chi connectivity index (χ2n) is 3.22. The van der Waals surface area contributed by atoms with Crippen LogP contribution in [0.25, 0.3) is 0 Å². The first-order chi connectivity index (χ1) is 6.66. The molecule has 2 unspecified atom stereocenters. The fraction of sp³-hybridized carbons (Fsp3) is 0.444. The van der Waals surface area contributed by atoms with Crippen LogP contribution in [0.15, 0.2) is 16.5 Å². The van der Waals surface area contributed by atoms with Gasteiger partial charge in [-0.25, -0.2) is 4.79 Å². The summed E-state index contributed by atoms with van der Waals surface area (Å²) in [5.41, 5.74) is 0. The lowest BCUT2D eigenvalue weighted by Gasteiger charge is -2.07. The summed E-state index contributed by atoms with van der Waals surface area (Å²) in [5, 5.41) is 11.2. The fourth-order valence-electron chi connectivity index (χ4n) is 1.42. The average molecular weight is 213 g/mol. The molecule has 14 heavy (non-hydrogen) atoms. The maximum Gasteiger partial charge on any atom is 0.331 e. The van der Waals surface area contributed by atoms with E-state index in [2.05, 4.69) is 5.32 Å². The highest BCUT2D eigenvalue weighted by molar-refractivity contribution is 8.00. The molecule has 76 valence electrons. The zero-order valence-electron chi connectivity index (χ0n) is 7.69. The van der Waals surface area contributed by atoms with Gasteiger partial charge in [0.05, 0.1) is 6.04 Å². The van der Waals surface area contributed by atoms with E-state index in [1.807, 2.05) is 19.1 Å². The average Bonchev–Trinajstić information content (AvgIpc) is 2.70. The summed E-state index contributed by atoms with van der Waals surface area (Å²) in [6.45, 7) is 1.88. The minimum absolute atomic E-state index is 0.0230. The van der Waals surface area contributed by atoms with Crippen molar-refractivity contribution in [3.63, 3.8) is 0 Å². The zero-order chi connectivity index (χ0) is 10.1. The van der Waals surface area contributed by atoms with Crippen LogP contribution in [-0.4, -0.2) is 22.2 Å². The van der Waals surface area contributed by atoms with E-state index in [0.29, 0.717) is 0 Å². The number of nitrogens with one attached hydrogen (secondary N) is 1. The van der Waals surface area contributed by atoms with Crippen molar-refractivity contribution >= 4 is 17.7 Å². The van der Waals surface area contributed by atoms with Gasteiger partial charge in [-0.15, -0.1) is 11.8 Å². The molecule has 1 fully saturated rings. The predicted molar refractivity (Wildman–Crippen MR) is 53.2 cm³/mol. The van der Waals surface area contributed by atoms with Crippen molar-refractivity contribution in [2.75, 3.05) is 5.75 Å². The Hall–Kier alpha value is -0.940. The van der Waals surface area contributed by atoms with Crippen molar-refractivity contribution in [1.82, 2.24) is 5.32 Å². The minimum Gasteiger partial charge on any atom is -0.479 e. The molecule has 4 nitrogen and oxygen atoms in total. The molecule has 0 spiro atoms. The maximum absolute atomic E-state index is 10.7. The molecular weight excluding hydrogens is 202 g/mol. The van der Waals surface area contributed by atoms with E-state index in [1.54, 1.807) is 0 Å². The standard InChI is InChI=1S/C9H11NO3S/c1-5-2-3-7(13-5)6-4-14-8(10-6)9(11)12/h2-3,6,8,10H,4H2,1H3,(H,11,12). The summed E-state index contributed by atoms with van der Waals surface area (Å²) in [5.74, 6) is 1.59. The number of hydrogen-bond donors (Lipinski definition) is 2. The van der Waals surface area contributed by atoms with Gasteiger partial charge < -0.3 is 9.52 Å². The molecule has 5 heteroatoms. The lowest BCUT2D eigenvalue weighted by atomic mass is 10.2. The van der Waals surface area contributed by atoms with Crippen molar-refractivity contribution in [1.29, 1.82) is 0 Å². The SMILES string of the molecule is Cc1ccc(C2CSC(C(=O)O)N2)o1. The molecular formula is C9H11NO3S. The van der Waals surface area contributed by atoms with Gasteiger partial charge in [0.25, 0.3) is 0 Å². The highest BCUT2D eigenvalue weighted by atomic mass is 32.2. The first kappa shape index (κ1) is 9.61. The predicted octanol–water partition coefficient (Wildman–Crippen LogP) is 1.38. The van der Waals surface area contributed by atoms with Gasteiger partial charge in [-0.2, -0.15) is 0 Å². The zero-order valence-corrected chi connectivity index (χ0v) is 8.50. The van der Waals surface area contributed by atoms with Crippen LogP contribution in [0, 0.1) is 6.92 Å². The molecule has 2 rings (SSSR count). The van der Waals surface area contributed by atoms with Crippen molar-refractivity contribution in [3.8, 4) is 0 Å². The lowest BCUT2D eigenvalue weighted by Crippen LogP contribution is -2.30. The molecule has 0 saturated carbocycles. The molecule has 1 aromatic heterocycles. The van der Waals surface area contributed by atoms with E-state index < -0.39 is 11.3 Å². The number of hydrogen-bond acceptors (Lipinski definition) is 4. The Morgan fingerprint density at radius 3 is 3.00 bits per heavy atom. The maximum atomic E-state index is 10.7. The molecule has 1 aliphatic heterocycles. The monoisotopic (exact) mass is 213 g/mol. The van der Waals surface area contributed by atoms with E-state index in [1.165, 1.54) is 11.8 Å². The van der Waals surface area contributed by atoms with Gasteiger partial charge in [-0.05, 0) is 19.1 Å². The van der Waals surface area contributed by atoms with Crippen LogP contribution in [0.2, 0.25) is 0 Å². The van der Waals surface area contributed by atoms with Gasteiger partial charge in [-0.3, -0.25) is 5.32 Å². The van der Waals surface area contributed by atoms with Crippen LogP contribution in [0.1, 0.15) is 17.6 Å². The van der Waals surface area contributed by atoms with Gasteiger partial charge in [0.2, 0.25) is 0 Å². The van der Waals surface area contributed by atoms with Gasteiger partial charge in [0.1, 0.15) is 11.5 Å². The van der Waals surface area contributed by atoms with Crippen molar-refractivity contribution in [3.05, 3.63) is 23.7 Å². The lowest BCUT2D eigenvalue weighted by molar-refractivity contribution is -0.137. The molecule has 0 aromatic carbocycles. The van der Waals surface area contributed by atoms with E-state index >= 15 is 0 Å². The first-order valence-corrected chi connectivity index (χ1v) is 5.38. The second kappa shape index (κ2) is 3.67. The summed E-state index contributed by atoms with van der Waals surface area (Å²) in [7, 11) is 0. The van der Waals surface area contributed by atoms with E-state index in [9.17, 15) is 4.79 Å². The summed E-state index contributed by atoms with van der Waals surface area (Å²) in [6.07, 6.45) is 0. The highest BCUT2D eigenvalue weighted by Gasteiger charge is 2.31. The van der Waals surface area contributed by atoms with E-state index in [-0.39, 0.29) is 6.04 Å². The molecule has 1 aromatic rings. The van der Waals surface area contributed by atoms with Crippen molar-refractivity contribution < 1.29 is 14.3 Å². The second-order valence-corrected chi connectivity index (χ2v) is 4.36. The Morgan fingerprint density at radius 2 is 2.50 bits per heavy atom. The van der Waals surface area contributed by atoms with Crippen LogP contribution >= 0.6 is 11.8 Å². The number of carbonyl (C=O) groups is 1. The number of aliphatic carboxylic acids is 1. The molecule has 0 radical (unpaired) electrons. The molecule has 2 N–H and O–H groups in total. The Labute approximate surface area is 85.7 Å². The fourth-order valence-corrected chi connectivity index (χ4v) is 2.47. The van der Waals surface area contributed by atoms with E-state index in [0.717, 1.165) is 17.3 Å². The van der Waals surface area contributed by atoms with Crippen LogP contribution in [0.4, 0.5) is 0 Å². The number of rotatable bonds is 2. The largest absolute Gasteiger partial charge is 0.479 e. The van der Waals surface area contributed by atoms with Gasteiger partial charge in [-0.1, -0.05) is 0 Å². The topological polar surface area (TPSA) is 62.5 Å². The molecule has 0 bridgehead atoms. The van der Waals surface area contributed by atoms with Crippen LogP contribution in [0.5, 0.6) is 0 Å². The Kier molecular flexibility index (Phi) is 2.52. The Balaban J connectivity index is 2.05. The smallest absolute Gasteiger partial charge is 0.331 e. The number of thioether (sulfide) groups is 1. The molecule has 1 aliphatic rings. The van der Waals surface area contributed by atoms with Gasteiger partial charge >= 0.3 is 5.97 Å². The summed E-state index contributed by atoms with van der Waals surface area (Å²) in [4.78, 5) is 10.7. The quantitative estimate of drug-likeness (QED) is 0.777. The highest BCUT2D eigenvalue weighted by Crippen LogP contribution is 2.29. The summed E-state index contributed by atoms with van der Waals surface area (Å²) in [6, 6.07) is 3.79. The van der Waals surface area contributed by atoms with Crippen LogP contribution in [-0.2, 0) is 4.79 Å². The van der Waals surface area contributed by atoms with E-state index in [4.69, 9.17) is 9.52 Å². The number of carboxylic acid groups (broad SMARTS) is 1. The summed E-state index contributed by atoms with van der Waals surface area (Å²) < 4.78 is 5.43. The number of carboxylic acids is 1. The minimum atomic E-state index is -0.819. The summed E-state index contributed by atoms with van der Waals surface area (Å²) >= 11 is 1.39. The van der Waals surface area contributed by atoms with Gasteiger partial charge in [0.15, 0.2) is 5.37 Å². The molecule has 0 aliphatic carbocycles. The Morgan fingerprint density at radius 1 is 1.71 bits per heavy atom. The molecule has 2 atom stereocenters. The van der Waals surface area contributed by atoms with Gasteiger partial charge in [0, 0.05) is 5.75 Å². The third kappa shape index (κ3) is 1.78. The molecule has 2 heterocycles. The van der Waals surface area contributed by atoms with Crippen LogP contribution in [0.3, 0.4) is 0 Å². The number of aryl methyl sites for hydroxylation is 1. The molecule has 0 amide bonds. The molecule has 1 saturated heterocycles. The third-order valence-electron chi connectivity index (χ3n) is 2.11. The Bertz CT molecular complexity index is 350. The third-order valence-corrected chi connectivity index (χ3v) is 3.31. The van der Waals surface area contributed by atoms with Crippen molar-refractivity contribution in [2.24, 2.45) is 0 Å².